The number of alkyl halides is 3. The molecule has 0 aliphatic heterocycles. The molecule has 2 N–H and O–H groups in total. The van der Waals surface area contributed by atoms with Gasteiger partial charge < -0.3 is 15.2 Å². The first kappa shape index (κ1) is 14.6. The van der Waals surface area contributed by atoms with Crippen LogP contribution in [-0.4, -0.2) is 23.3 Å². The summed E-state index contributed by atoms with van der Waals surface area (Å²) in [6.07, 6.45) is -3.66. The molecule has 8 heteroatoms. The maximum Gasteiger partial charge on any atom is 0.573 e. The van der Waals surface area contributed by atoms with Crippen LogP contribution in [0.1, 0.15) is 0 Å². The number of nitrogens with one attached hydrogen (secondary N) is 1. The van der Waals surface area contributed by atoms with Crippen molar-refractivity contribution in [1.29, 1.82) is 0 Å². The molecule has 0 spiro atoms. The van der Waals surface area contributed by atoms with Crippen molar-refractivity contribution in [3.05, 3.63) is 36.4 Å². The summed E-state index contributed by atoms with van der Waals surface area (Å²) < 4.78 is 40.0. The number of benzene rings is 1. The van der Waals surface area contributed by atoms with Crippen LogP contribution in [0.2, 0.25) is 0 Å². The number of para-hydroxylation sites is 2. The minimum Gasteiger partial charge on any atom is -0.478 e. The largest absolute Gasteiger partial charge is 0.573 e. The van der Waals surface area contributed by atoms with Crippen molar-refractivity contribution >= 4 is 17.6 Å². The number of carbonyl (C=O) groups excluding carboxylic acids is 1. The Morgan fingerprint density at radius 3 is 2.42 bits per heavy atom. The van der Waals surface area contributed by atoms with Gasteiger partial charge in [0.15, 0.2) is 5.75 Å². The quantitative estimate of drug-likeness (QED) is 0.826. The Morgan fingerprint density at radius 2 is 1.84 bits per heavy atom. The fraction of sp³-hybridized carbons (Fsp3) is 0.0909. The first-order chi connectivity index (χ1) is 8.78. The monoisotopic (exact) mass is 275 g/mol. The van der Waals surface area contributed by atoms with Gasteiger partial charge in [-0.3, -0.25) is 4.79 Å². The molecule has 0 aliphatic rings. The van der Waals surface area contributed by atoms with Crippen LogP contribution in [0.4, 0.5) is 18.9 Å². The van der Waals surface area contributed by atoms with E-state index >= 15 is 0 Å². The molecule has 0 aliphatic carbocycles. The molecule has 0 bridgehead atoms. The Balaban J connectivity index is 2.84. The summed E-state index contributed by atoms with van der Waals surface area (Å²) in [6.45, 7) is 0. The average molecular weight is 275 g/mol. The molecule has 0 saturated heterocycles. The standard InChI is InChI=1S/C11H8F3NO4/c12-11(13,14)19-8-4-2-1-3-7(8)15-9(16)5-6-10(17)18/h1-6H,(H,15,16)(H,17,18)/b6-5-. The highest BCUT2D eigenvalue weighted by Gasteiger charge is 2.32. The second kappa shape index (κ2) is 5.89. The lowest BCUT2D eigenvalue weighted by atomic mass is 10.3. The molecule has 0 radical (unpaired) electrons. The van der Waals surface area contributed by atoms with E-state index in [-0.39, 0.29) is 5.69 Å². The molecule has 1 amide bonds. The van der Waals surface area contributed by atoms with Crippen LogP contribution in [0.25, 0.3) is 0 Å². The van der Waals surface area contributed by atoms with E-state index in [2.05, 4.69) is 10.1 Å². The predicted octanol–water partition coefficient (Wildman–Crippen LogP) is 2.16. The zero-order valence-electron chi connectivity index (χ0n) is 9.27. The van der Waals surface area contributed by atoms with E-state index in [1.807, 2.05) is 0 Å². The van der Waals surface area contributed by atoms with Gasteiger partial charge in [0, 0.05) is 12.2 Å². The lowest BCUT2D eigenvalue weighted by Crippen LogP contribution is -2.19. The summed E-state index contributed by atoms with van der Waals surface area (Å²) in [5.74, 6) is -2.83. The van der Waals surface area contributed by atoms with Crippen molar-refractivity contribution in [2.45, 2.75) is 6.36 Å². The molecule has 0 unspecified atom stereocenters. The fourth-order valence-corrected chi connectivity index (χ4v) is 1.10. The Kier molecular flexibility index (Phi) is 4.51. The van der Waals surface area contributed by atoms with Crippen LogP contribution in [0, 0.1) is 0 Å². The lowest BCUT2D eigenvalue weighted by Gasteiger charge is -2.12. The SMILES string of the molecule is O=C(O)/C=C\C(=O)Nc1ccccc1OC(F)(F)F. The Bertz CT molecular complexity index is 511. The molecule has 5 nitrogen and oxygen atoms in total. The minimum atomic E-state index is -4.89. The lowest BCUT2D eigenvalue weighted by molar-refractivity contribution is -0.274. The molecular formula is C11H8F3NO4. The molecule has 1 aromatic rings. The van der Waals surface area contributed by atoms with E-state index in [1.54, 1.807) is 0 Å². The summed E-state index contributed by atoms with van der Waals surface area (Å²) in [4.78, 5) is 21.4. The van der Waals surface area contributed by atoms with Gasteiger partial charge in [0.25, 0.3) is 0 Å². The van der Waals surface area contributed by atoms with Crippen LogP contribution in [0.15, 0.2) is 36.4 Å². The van der Waals surface area contributed by atoms with E-state index in [0.717, 1.165) is 6.07 Å². The van der Waals surface area contributed by atoms with E-state index in [1.165, 1.54) is 18.2 Å². The highest BCUT2D eigenvalue weighted by molar-refractivity contribution is 6.03. The third kappa shape index (κ3) is 5.57. The highest BCUT2D eigenvalue weighted by atomic mass is 19.4. The first-order valence-electron chi connectivity index (χ1n) is 4.85. The maximum atomic E-state index is 12.1. The van der Waals surface area contributed by atoms with Crippen LogP contribution in [0.5, 0.6) is 5.75 Å². The van der Waals surface area contributed by atoms with Gasteiger partial charge in [-0.15, -0.1) is 13.2 Å². The molecule has 1 rings (SSSR count). The first-order valence-corrected chi connectivity index (χ1v) is 4.85. The second-order valence-corrected chi connectivity index (χ2v) is 3.20. The zero-order valence-corrected chi connectivity index (χ0v) is 9.27. The third-order valence-corrected chi connectivity index (χ3v) is 1.75. The van der Waals surface area contributed by atoms with Crippen molar-refractivity contribution in [2.75, 3.05) is 5.32 Å². The van der Waals surface area contributed by atoms with Gasteiger partial charge in [0.05, 0.1) is 5.69 Å². The fourth-order valence-electron chi connectivity index (χ4n) is 1.10. The molecule has 0 heterocycles. The number of hydrogen-bond donors (Lipinski definition) is 2. The van der Waals surface area contributed by atoms with E-state index in [4.69, 9.17) is 5.11 Å². The molecule has 0 fully saturated rings. The minimum absolute atomic E-state index is 0.222. The number of carbonyl (C=O) groups is 2. The molecule has 102 valence electrons. The summed E-state index contributed by atoms with van der Waals surface area (Å²) >= 11 is 0. The Labute approximate surface area is 105 Å². The predicted molar refractivity (Wildman–Crippen MR) is 58.5 cm³/mol. The molecule has 1 aromatic carbocycles. The highest BCUT2D eigenvalue weighted by Crippen LogP contribution is 2.29. The Hall–Kier alpha value is -2.51. The number of aliphatic carboxylic acids is 1. The van der Waals surface area contributed by atoms with Crippen molar-refractivity contribution in [3.63, 3.8) is 0 Å². The molecule has 0 aromatic heterocycles. The van der Waals surface area contributed by atoms with Crippen molar-refractivity contribution in [2.24, 2.45) is 0 Å². The van der Waals surface area contributed by atoms with Crippen molar-refractivity contribution in [1.82, 2.24) is 0 Å². The number of hydrogen-bond acceptors (Lipinski definition) is 3. The second-order valence-electron chi connectivity index (χ2n) is 3.20. The van der Waals surface area contributed by atoms with Gasteiger partial charge in [0.2, 0.25) is 5.91 Å². The Morgan fingerprint density at radius 1 is 1.21 bits per heavy atom. The van der Waals surface area contributed by atoms with Gasteiger partial charge >= 0.3 is 12.3 Å². The topological polar surface area (TPSA) is 75.6 Å². The van der Waals surface area contributed by atoms with Crippen LogP contribution in [-0.2, 0) is 9.59 Å². The number of rotatable bonds is 4. The van der Waals surface area contributed by atoms with Crippen molar-refractivity contribution in [3.8, 4) is 5.75 Å². The normalized spacial score (nSPS) is 11.3. The van der Waals surface area contributed by atoms with Crippen LogP contribution in [0.3, 0.4) is 0 Å². The van der Waals surface area contributed by atoms with E-state index in [9.17, 15) is 22.8 Å². The summed E-state index contributed by atoms with van der Waals surface area (Å²) in [5, 5.41) is 10.4. The molecule has 0 saturated carbocycles. The summed E-state index contributed by atoms with van der Waals surface area (Å²) in [6, 6.07) is 4.89. The number of amides is 1. The van der Waals surface area contributed by atoms with Gasteiger partial charge in [-0.25, -0.2) is 4.79 Å². The third-order valence-electron chi connectivity index (χ3n) is 1.75. The van der Waals surface area contributed by atoms with E-state index in [0.29, 0.717) is 12.2 Å². The van der Waals surface area contributed by atoms with Gasteiger partial charge in [0.1, 0.15) is 0 Å². The number of halogens is 3. The molecular weight excluding hydrogens is 267 g/mol. The van der Waals surface area contributed by atoms with Crippen LogP contribution < -0.4 is 10.1 Å². The zero-order chi connectivity index (χ0) is 14.5. The van der Waals surface area contributed by atoms with Gasteiger partial charge in [-0.1, -0.05) is 12.1 Å². The van der Waals surface area contributed by atoms with Crippen LogP contribution >= 0.6 is 0 Å². The maximum absolute atomic E-state index is 12.1. The smallest absolute Gasteiger partial charge is 0.478 e. The number of anilines is 1. The molecule has 0 atom stereocenters. The summed E-state index contributed by atoms with van der Waals surface area (Å²) in [7, 11) is 0. The summed E-state index contributed by atoms with van der Waals surface area (Å²) in [5.41, 5.74) is -0.222. The van der Waals surface area contributed by atoms with E-state index < -0.39 is 24.0 Å². The average Bonchev–Trinajstić information content (AvgIpc) is 2.27. The van der Waals surface area contributed by atoms with Gasteiger partial charge in [-0.2, -0.15) is 0 Å². The number of carboxylic acids is 1. The number of ether oxygens (including phenoxy) is 1. The van der Waals surface area contributed by atoms with Crippen molar-refractivity contribution < 1.29 is 32.6 Å². The molecule has 19 heavy (non-hydrogen) atoms. The number of carboxylic acid groups (broad SMARTS) is 1. The van der Waals surface area contributed by atoms with Gasteiger partial charge in [-0.05, 0) is 12.1 Å².